The fourth-order valence-electron chi connectivity index (χ4n) is 5.86. The lowest BCUT2D eigenvalue weighted by molar-refractivity contribution is -0.195. The maximum absolute atomic E-state index is 13.1. The first kappa shape index (κ1) is 27.4. The largest absolute Gasteiger partial charge is 0.492 e. The van der Waals surface area contributed by atoms with Crippen molar-refractivity contribution in [2.24, 2.45) is 0 Å². The molecule has 2 atom stereocenters. The Morgan fingerprint density at radius 3 is 2.54 bits per heavy atom. The minimum atomic E-state index is -1.30. The van der Waals surface area contributed by atoms with Crippen molar-refractivity contribution < 1.29 is 24.2 Å². The van der Waals surface area contributed by atoms with Crippen LogP contribution in [0.4, 0.5) is 0 Å². The number of carbonyl (C=O) groups is 2. The fourth-order valence-corrected chi connectivity index (χ4v) is 6.01. The highest BCUT2D eigenvalue weighted by molar-refractivity contribution is 6.30. The molecule has 0 aliphatic carbocycles. The Morgan fingerprint density at radius 1 is 1.18 bits per heavy atom. The predicted octanol–water partition coefficient (Wildman–Crippen LogP) is 1.58. The Bertz CT molecular complexity index is 1350. The summed E-state index contributed by atoms with van der Waals surface area (Å²) in [7, 11) is 0. The number of piperidine rings is 1. The van der Waals surface area contributed by atoms with Gasteiger partial charge in [-0.25, -0.2) is 4.79 Å². The number of nitrogens with one attached hydrogen (secondary N) is 1. The Morgan fingerprint density at radius 2 is 1.90 bits per heavy atom. The predicted molar refractivity (Wildman–Crippen MR) is 142 cm³/mol. The molecule has 4 heterocycles. The normalized spacial score (nSPS) is 24.8. The third-order valence-electron chi connectivity index (χ3n) is 8.07. The third kappa shape index (κ3) is 5.75. The first-order chi connectivity index (χ1) is 18.6. The molecule has 3 aliphatic rings. The van der Waals surface area contributed by atoms with Gasteiger partial charge in [0, 0.05) is 44.2 Å². The van der Waals surface area contributed by atoms with E-state index >= 15 is 0 Å². The van der Waals surface area contributed by atoms with Gasteiger partial charge in [0.1, 0.15) is 17.4 Å². The lowest BCUT2D eigenvalue weighted by Gasteiger charge is -2.51. The van der Waals surface area contributed by atoms with Crippen molar-refractivity contribution in [1.29, 1.82) is 0 Å². The SMILES string of the molecule is C[C@]1(O)CC2(CCN(C(=O)c3ccc(OCCN4CCCC4=O)cc3)CC2)OC[C@@H]1n1cc(Cl)c(=O)[nH]c1=O. The maximum atomic E-state index is 13.1. The highest BCUT2D eigenvalue weighted by Gasteiger charge is 2.50. The molecule has 3 fully saturated rings. The van der Waals surface area contributed by atoms with Gasteiger partial charge < -0.3 is 24.4 Å². The molecule has 0 unspecified atom stereocenters. The summed E-state index contributed by atoms with van der Waals surface area (Å²) in [5.74, 6) is 0.721. The Balaban J connectivity index is 1.15. The lowest BCUT2D eigenvalue weighted by atomic mass is 9.75. The quantitative estimate of drug-likeness (QED) is 0.548. The van der Waals surface area contributed by atoms with Crippen LogP contribution in [0.1, 0.15) is 55.4 Å². The first-order valence-corrected chi connectivity index (χ1v) is 13.6. The zero-order chi connectivity index (χ0) is 27.8. The standard InChI is InChI=1S/C27H33ClN4O7/c1-26(37)17-27(39-16-21(26)32-15-20(28)23(34)29-25(32)36)8-11-31(12-9-27)24(35)18-4-6-19(7-5-18)38-14-13-30-10-2-3-22(30)33/h4-7,15,21,37H,2-3,8-14,16-17H2,1H3,(H,29,34,36)/t21-,26-/m0/s1. The number of hydrogen-bond acceptors (Lipinski definition) is 7. The van der Waals surface area contributed by atoms with Crippen molar-refractivity contribution in [3.05, 3.63) is 61.9 Å². The first-order valence-electron chi connectivity index (χ1n) is 13.2. The molecule has 3 saturated heterocycles. The number of halogens is 1. The highest BCUT2D eigenvalue weighted by atomic mass is 35.5. The fraction of sp³-hybridized carbons (Fsp3) is 0.556. The van der Waals surface area contributed by atoms with E-state index in [0.29, 0.717) is 56.8 Å². The number of H-pyrrole nitrogens is 1. The summed E-state index contributed by atoms with van der Waals surface area (Å²) in [5.41, 5.74) is -2.71. The zero-order valence-corrected chi connectivity index (χ0v) is 22.6. The van der Waals surface area contributed by atoms with Crippen molar-refractivity contribution in [1.82, 2.24) is 19.4 Å². The van der Waals surface area contributed by atoms with E-state index in [1.807, 2.05) is 0 Å². The van der Waals surface area contributed by atoms with E-state index in [1.165, 1.54) is 10.8 Å². The number of aromatic nitrogens is 2. The van der Waals surface area contributed by atoms with Crippen LogP contribution in [-0.2, 0) is 9.53 Å². The van der Waals surface area contributed by atoms with E-state index in [1.54, 1.807) is 41.0 Å². The molecule has 0 saturated carbocycles. The summed E-state index contributed by atoms with van der Waals surface area (Å²) in [6, 6.07) is 6.28. The van der Waals surface area contributed by atoms with Crippen LogP contribution in [0.3, 0.4) is 0 Å². The van der Waals surface area contributed by atoms with Gasteiger partial charge in [0.25, 0.3) is 11.5 Å². The lowest BCUT2D eigenvalue weighted by Crippen LogP contribution is -2.59. The van der Waals surface area contributed by atoms with E-state index in [4.69, 9.17) is 21.1 Å². The second-order valence-corrected chi connectivity index (χ2v) is 11.2. The molecule has 2 aromatic rings. The van der Waals surface area contributed by atoms with Crippen molar-refractivity contribution in [3.8, 4) is 5.75 Å². The van der Waals surface area contributed by atoms with Gasteiger partial charge in [-0.1, -0.05) is 11.6 Å². The molecule has 0 bridgehead atoms. The summed E-state index contributed by atoms with van der Waals surface area (Å²) in [4.78, 5) is 54.6. The molecule has 3 aliphatic heterocycles. The van der Waals surface area contributed by atoms with Gasteiger partial charge in [0.2, 0.25) is 5.91 Å². The van der Waals surface area contributed by atoms with Crippen molar-refractivity contribution in [2.75, 3.05) is 39.4 Å². The number of aliphatic hydroxyl groups is 1. The molecule has 39 heavy (non-hydrogen) atoms. The second-order valence-electron chi connectivity index (χ2n) is 10.8. The number of carbonyl (C=O) groups excluding carboxylic acids is 2. The van der Waals surface area contributed by atoms with Gasteiger partial charge in [0.05, 0.1) is 30.4 Å². The molecule has 1 aromatic carbocycles. The molecule has 11 nitrogen and oxygen atoms in total. The van der Waals surface area contributed by atoms with Gasteiger partial charge in [-0.05, 0) is 50.5 Å². The second kappa shape index (κ2) is 10.8. The molecular formula is C27H33ClN4O7. The summed E-state index contributed by atoms with van der Waals surface area (Å²) in [6.45, 7) is 4.38. The summed E-state index contributed by atoms with van der Waals surface area (Å²) < 4.78 is 13.2. The van der Waals surface area contributed by atoms with Crippen LogP contribution in [0.2, 0.25) is 5.02 Å². The molecule has 1 aromatic heterocycles. The van der Waals surface area contributed by atoms with Crippen LogP contribution in [-0.4, -0.2) is 86.9 Å². The maximum Gasteiger partial charge on any atom is 0.328 e. The molecule has 210 valence electrons. The average molecular weight is 561 g/mol. The molecule has 2 N–H and O–H groups in total. The Hall–Kier alpha value is -3.15. The smallest absolute Gasteiger partial charge is 0.328 e. The van der Waals surface area contributed by atoms with Crippen LogP contribution in [0.25, 0.3) is 0 Å². The Kier molecular flexibility index (Phi) is 7.58. The summed E-state index contributed by atoms with van der Waals surface area (Å²) >= 11 is 5.91. The van der Waals surface area contributed by atoms with E-state index in [0.717, 1.165) is 13.0 Å². The topological polar surface area (TPSA) is 134 Å². The van der Waals surface area contributed by atoms with Crippen LogP contribution < -0.4 is 16.0 Å². The van der Waals surface area contributed by atoms with Crippen molar-refractivity contribution in [2.45, 2.75) is 56.3 Å². The number of rotatable bonds is 6. The van der Waals surface area contributed by atoms with Crippen molar-refractivity contribution in [3.63, 3.8) is 0 Å². The van der Waals surface area contributed by atoms with E-state index in [2.05, 4.69) is 4.98 Å². The minimum absolute atomic E-state index is 0.0661. The monoisotopic (exact) mass is 560 g/mol. The van der Waals surface area contributed by atoms with Gasteiger partial charge in [-0.2, -0.15) is 0 Å². The minimum Gasteiger partial charge on any atom is -0.492 e. The van der Waals surface area contributed by atoms with Gasteiger partial charge in [-0.3, -0.25) is 23.9 Å². The van der Waals surface area contributed by atoms with E-state index < -0.39 is 28.5 Å². The van der Waals surface area contributed by atoms with Gasteiger partial charge in [0.15, 0.2) is 0 Å². The number of ether oxygens (including phenoxy) is 2. The molecule has 1 spiro atoms. The molecule has 0 radical (unpaired) electrons. The van der Waals surface area contributed by atoms with E-state index in [-0.39, 0.29) is 29.9 Å². The molecule has 2 amide bonds. The number of hydrogen-bond donors (Lipinski definition) is 2. The van der Waals surface area contributed by atoms with Gasteiger partial charge >= 0.3 is 5.69 Å². The molecular weight excluding hydrogens is 528 g/mol. The highest BCUT2D eigenvalue weighted by Crippen LogP contribution is 2.43. The number of likely N-dealkylation sites (tertiary alicyclic amines) is 2. The molecule has 12 heteroatoms. The number of aromatic amines is 1. The number of amides is 2. The molecule has 5 rings (SSSR count). The average Bonchev–Trinajstić information content (AvgIpc) is 3.31. The Labute approximate surface area is 230 Å². The summed E-state index contributed by atoms with van der Waals surface area (Å²) in [5, 5.41) is 11.2. The van der Waals surface area contributed by atoms with Crippen LogP contribution in [0.15, 0.2) is 40.1 Å². The van der Waals surface area contributed by atoms with E-state index in [9.17, 15) is 24.3 Å². The van der Waals surface area contributed by atoms with Crippen LogP contribution in [0.5, 0.6) is 5.75 Å². The van der Waals surface area contributed by atoms with Crippen LogP contribution in [0, 0.1) is 0 Å². The van der Waals surface area contributed by atoms with Crippen molar-refractivity contribution >= 4 is 23.4 Å². The number of benzene rings is 1. The number of nitrogens with zero attached hydrogens (tertiary/aromatic N) is 3. The van der Waals surface area contributed by atoms with Gasteiger partial charge in [-0.15, -0.1) is 0 Å². The third-order valence-corrected chi connectivity index (χ3v) is 8.34. The zero-order valence-electron chi connectivity index (χ0n) is 21.9. The summed E-state index contributed by atoms with van der Waals surface area (Å²) in [6.07, 6.45) is 4.08. The van der Waals surface area contributed by atoms with Crippen LogP contribution >= 0.6 is 11.6 Å².